The van der Waals surface area contributed by atoms with Crippen molar-refractivity contribution in [2.75, 3.05) is 18.0 Å². The van der Waals surface area contributed by atoms with Crippen molar-refractivity contribution in [2.45, 2.75) is 25.3 Å². The number of benzene rings is 1. The Hall–Kier alpha value is -3.16. The van der Waals surface area contributed by atoms with Gasteiger partial charge in [0.15, 0.2) is 5.54 Å². The average Bonchev–Trinajstić information content (AvgIpc) is 3.32. The highest BCUT2D eigenvalue weighted by Crippen LogP contribution is 2.32. The Morgan fingerprint density at radius 3 is 2.58 bits per heavy atom. The molecule has 1 saturated heterocycles. The molecule has 134 valence electrons. The van der Waals surface area contributed by atoms with Gasteiger partial charge in [0.2, 0.25) is 5.82 Å². The number of hydrogen-bond acceptors (Lipinski definition) is 6. The summed E-state index contributed by atoms with van der Waals surface area (Å²) in [7, 11) is 0. The number of carbonyl (C=O) groups is 1. The van der Waals surface area contributed by atoms with Gasteiger partial charge in [0.1, 0.15) is 0 Å². The van der Waals surface area contributed by atoms with Crippen LogP contribution in [0.25, 0.3) is 11.4 Å². The molecule has 0 bridgehead atoms. The number of carboxylic acids is 1. The first-order valence-electron chi connectivity index (χ1n) is 8.48. The van der Waals surface area contributed by atoms with E-state index in [2.05, 4.69) is 15.2 Å². The zero-order valence-electron chi connectivity index (χ0n) is 14.4. The molecular formula is C18H19N5O3. The smallest absolute Gasteiger partial charge is 0.331 e. The SMILES string of the molecule is Cc1cnn(C2(C(=O)O)CCN(c3nc(-c4ccccc4)no3)CC2)c1. The summed E-state index contributed by atoms with van der Waals surface area (Å²) in [5.74, 6) is -0.339. The fourth-order valence-electron chi connectivity index (χ4n) is 3.30. The van der Waals surface area contributed by atoms with Crippen LogP contribution in [-0.4, -0.2) is 44.1 Å². The van der Waals surface area contributed by atoms with E-state index in [1.807, 2.05) is 42.2 Å². The van der Waals surface area contributed by atoms with Crippen LogP contribution in [0, 0.1) is 6.92 Å². The lowest BCUT2D eigenvalue weighted by Crippen LogP contribution is -2.51. The van der Waals surface area contributed by atoms with Gasteiger partial charge in [0.25, 0.3) is 0 Å². The van der Waals surface area contributed by atoms with Crippen LogP contribution < -0.4 is 4.90 Å². The molecule has 3 aromatic rings. The molecule has 0 aliphatic carbocycles. The number of piperidine rings is 1. The lowest BCUT2D eigenvalue weighted by Gasteiger charge is -2.38. The number of rotatable bonds is 4. The average molecular weight is 353 g/mol. The number of hydrogen-bond donors (Lipinski definition) is 1. The van der Waals surface area contributed by atoms with E-state index >= 15 is 0 Å². The maximum Gasteiger partial charge on any atom is 0.331 e. The summed E-state index contributed by atoms with van der Waals surface area (Å²) in [6.07, 6.45) is 4.28. The summed E-state index contributed by atoms with van der Waals surface area (Å²) >= 11 is 0. The van der Waals surface area contributed by atoms with E-state index in [0.29, 0.717) is 37.8 Å². The molecule has 1 fully saturated rings. The van der Waals surface area contributed by atoms with Crippen molar-refractivity contribution in [3.63, 3.8) is 0 Å². The third-order valence-corrected chi connectivity index (χ3v) is 4.86. The van der Waals surface area contributed by atoms with Crippen LogP contribution in [0.1, 0.15) is 18.4 Å². The largest absolute Gasteiger partial charge is 0.479 e. The van der Waals surface area contributed by atoms with E-state index in [0.717, 1.165) is 11.1 Å². The molecule has 8 heteroatoms. The monoisotopic (exact) mass is 353 g/mol. The van der Waals surface area contributed by atoms with Gasteiger partial charge in [-0.05, 0) is 12.5 Å². The van der Waals surface area contributed by atoms with Gasteiger partial charge in [0.05, 0.1) is 6.20 Å². The van der Waals surface area contributed by atoms with Crippen molar-refractivity contribution < 1.29 is 14.4 Å². The van der Waals surface area contributed by atoms with Crippen molar-refractivity contribution in [1.29, 1.82) is 0 Å². The molecule has 1 aromatic carbocycles. The highest BCUT2D eigenvalue weighted by molar-refractivity contribution is 5.77. The van der Waals surface area contributed by atoms with E-state index in [9.17, 15) is 9.90 Å². The van der Waals surface area contributed by atoms with Gasteiger partial charge in [-0.25, -0.2) is 4.79 Å². The molecule has 0 saturated carbocycles. The topological polar surface area (TPSA) is 97.3 Å². The van der Waals surface area contributed by atoms with Crippen molar-refractivity contribution >= 4 is 12.0 Å². The number of aryl methyl sites for hydroxylation is 1. The number of anilines is 1. The summed E-state index contributed by atoms with van der Waals surface area (Å²) in [4.78, 5) is 18.4. The first-order chi connectivity index (χ1) is 12.6. The molecule has 1 aliphatic rings. The lowest BCUT2D eigenvalue weighted by molar-refractivity contribution is -0.149. The molecule has 26 heavy (non-hydrogen) atoms. The number of nitrogens with zero attached hydrogens (tertiary/aromatic N) is 5. The van der Waals surface area contributed by atoms with E-state index in [4.69, 9.17) is 4.52 Å². The molecule has 0 amide bonds. The van der Waals surface area contributed by atoms with Gasteiger partial charge in [-0.15, -0.1) is 0 Å². The molecule has 3 heterocycles. The molecule has 8 nitrogen and oxygen atoms in total. The normalized spacial score (nSPS) is 16.6. The molecule has 4 rings (SSSR count). The Morgan fingerprint density at radius 2 is 1.96 bits per heavy atom. The van der Waals surface area contributed by atoms with Gasteiger partial charge in [0, 0.05) is 37.7 Å². The fourth-order valence-corrected chi connectivity index (χ4v) is 3.30. The number of carboxylic acid groups (broad SMARTS) is 1. The molecular weight excluding hydrogens is 334 g/mol. The zero-order chi connectivity index (χ0) is 18.1. The minimum absolute atomic E-state index is 0.409. The zero-order valence-corrected chi connectivity index (χ0v) is 14.4. The van der Waals surface area contributed by atoms with E-state index < -0.39 is 11.5 Å². The first-order valence-corrected chi connectivity index (χ1v) is 8.48. The number of aromatic nitrogens is 4. The van der Waals surface area contributed by atoms with Crippen molar-refractivity contribution in [2.24, 2.45) is 0 Å². The van der Waals surface area contributed by atoms with E-state index in [1.54, 1.807) is 17.1 Å². The first kappa shape index (κ1) is 16.3. The van der Waals surface area contributed by atoms with Crippen molar-refractivity contribution in [3.8, 4) is 11.4 Å². The Morgan fingerprint density at radius 1 is 1.23 bits per heavy atom. The third-order valence-electron chi connectivity index (χ3n) is 4.86. The van der Waals surface area contributed by atoms with Gasteiger partial charge < -0.3 is 14.5 Å². The van der Waals surface area contributed by atoms with Gasteiger partial charge in [-0.2, -0.15) is 10.1 Å². The van der Waals surface area contributed by atoms with Crippen LogP contribution >= 0.6 is 0 Å². The van der Waals surface area contributed by atoms with E-state index in [-0.39, 0.29) is 0 Å². The molecule has 0 atom stereocenters. The molecule has 2 aromatic heterocycles. The van der Waals surface area contributed by atoms with E-state index in [1.165, 1.54) is 0 Å². The maximum atomic E-state index is 12.0. The minimum atomic E-state index is -1.03. The van der Waals surface area contributed by atoms with Gasteiger partial charge >= 0.3 is 12.0 Å². The number of aliphatic carboxylic acids is 1. The Labute approximate surface area is 150 Å². The summed E-state index contributed by atoms with van der Waals surface area (Å²) in [6, 6.07) is 10.0. The Kier molecular flexibility index (Phi) is 3.95. The second kappa shape index (κ2) is 6.29. The lowest BCUT2D eigenvalue weighted by atomic mass is 9.88. The van der Waals surface area contributed by atoms with Crippen molar-refractivity contribution in [1.82, 2.24) is 19.9 Å². The quantitative estimate of drug-likeness (QED) is 0.768. The van der Waals surface area contributed by atoms with Crippen LogP contribution in [0.15, 0.2) is 47.2 Å². The second-order valence-electron chi connectivity index (χ2n) is 6.55. The predicted molar refractivity (Wildman–Crippen MR) is 93.8 cm³/mol. The summed E-state index contributed by atoms with van der Waals surface area (Å²) < 4.78 is 6.97. The minimum Gasteiger partial charge on any atom is -0.479 e. The highest BCUT2D eigenvalue weighted by Gasteiger charge is 2.45. The molecule has 0 unspecified atom stereocenters. The summed E-state index contributed by atoms with van der Waals surface area (Å²) in [5, 5.41) is 18.1. The van der Waals surface area contributed by atoms with Crippen LogP contribution in [0.2, 0.25) is 0 Å². The van der Waals surface area contributed by atoms with Crippen LogP contribution in [0.3, 0.4) is 0 Å². The standard InChI is InChI=1S/C18H19N5O3/c1-13-11-19-23(12-13)18(16(24)25)7-9-22(10-8-18)17-20-15(21-26-17)14-5-3-2-4-6-14/h2-6,11-12H,7-10H2,1H3,(H,24,25). The van der Waals surface area contributed by atoms with Crippen LogP contribution in [-0.2, 0) is 10.3 Å². The summed E-state index contributed by atoms with van der Waals surface area (Å²) in [5.41, 5.74) is 0.788. The predicted octanol–water partition coefficient (Wildman–Crippen LogP) is 2.32. The van der Waals surface area contributed by atoms with Crippen LogP contribution in [0.4, 0.5) is 6.01 Å². The van der Waals surface area contributed by atoms with Crippen LogP contribution in [0.5, 0.6) is 0 Å². The second-order valence-corrected chi connectivity index (χ2v) is 6.55. The molecule has 0 radical (unpaired) electrons. The molecule has 1 N–H and O–H groups in total. The Balaban J connectivity index is 1.53. The Bertz CT molecular complexity index is 910. The fraction of sp³-hybridized carbons (Fsp3) is 0.333. The molecule has 0 spiro atoms. The van der Waals surface area contributed by atoms with Gasteiger partial charge in [-0.3, -0.25) is 4.68 Å². The van der Waals surface area contributed by atoms with Crippen molar-refractivity contribution in [3.05, 3.63) is 48.3 Å². The van der Waals surface area contributed by atoms with Gasteiger partial charge in [-0.1, -0.05) is 35.5 Å². The third kappa shape index (κ3) is 2.73. The summed E-state index contributed by atoms with van der Waals surface area (Å²) in [6.45, 7) is 2.90. The molecule has 1 aliphatic heterocycles. The maximum absolute atomic E-state index is 12.0. The highest BCUT2D eigenvalue weighted by atomic mass is 16.5.